The summed E-state index contributed by atoms with van der Waals surface area (Å²) in [5, 5.41) is 30.1. The summed E-state index contributed by atoms with van der Waals surface area (Å²) >= 11 is 0. The second-order valence-electron chi connectivity index (χ2n) is 7.94. The molecule has 0 bridgehead atoms. The van der Waals surface area contributed by atoms with Gasteiger partial charge in [-0.25, -0.2) is 0 Å². The molecule has 1 aliphatic heterocycles. The SMILES string of the molecule is CCC(C(=O)O)c1ccc2c(c1)-c1nn(CCN(CC)CC)c3ccc([N+](=O)[O-])c(c13)N2. The molecule has 0 spiro atoms. The number of fused-ring (bicyclic) bond motifs is 2. The Morgan fingerprint density at radius 2 is 2.00 bits per heavy atom. The van der Waals surface area contributed by atoms with E-state index in [1.807, 2.05) is 17.7 Å². The van der Waals surface area contributed by atoms with Gasteiger partial charge in [-0.1, -0.05) is 26.8 Å². The molecule has 0 fully saturated rings. The molecular formula is C23H27N5O4. The number of aliphatic carboxylic acids is 1. The van der Waals surface area contributed by atoms with Crippen molar-refractivity contribution in [2.75, 3.05) is 25.0 Å². The molecule has 2 N–H and O–H groups in total. The number of nitro benzene ring substituents is 1. The van der Waals surface area contributed by atoms with Crippen LogP contribution in [0.1, 0.15) is 38.7 Å². The summed E-state index contributed by atoms with van der Waals surface area (Å²) in [5.41, 5.74) is 4.04. The zero-order valence-corrected chi connectivity index (χ0v) is 18.5. The first-order valence-corrected chi connectivity index (χ1v) is 10.9. The third-order valence-corrected chi connectivity index (χ3v) is 6.28. The molecule has 4 rings (SSSR count). The van der Waals surface area contributed by atoms with Crippen LogP contribution >= 0.6 is 0 Å². The van der Waals surface area contributed by atoms with Gasteiger partial charge in [0.05, 0.1) is 28.3 Å². The minimum absolute atomic E-state index is 0.00580. The van der Waals surface area contributed by atoms with Gasteiger partial charge >= 0.3 is 5.97 Å². The minimum atomic E-state index is -0.873. The fraction of sp³-hybridized carbons (Fsp3) is 0.391. The van der Waals surface area contributed by atoms with Crippen LogP contribution in [-0.4, -0.2) is 50.3 Å². The summed E-state index contributed by atoms with van der Waals surface area (Å²) < 4.78 is 1.90. The van der Waals surface area contributed by atoms with Gasteiger partial charge in [-0.3, -0.25) is 19.6 Å². The van der Waals surface area contributed by atoms with Gasteiger partial charge in [0.25, 0.3) is 5.69 Å². The predicted octanol–water partition coefficient (Wildman–Crippen LogP) is 4.59. The molecule has 3 aromatic rings. The smallest absolute Gasteiger partial charge is 0.310 e. The lowest BCUT2D eigenvalue weighted by molar-refractivity contribution is -0.383. The van der Waals surface area contributed by atoms with Gasteiger partial charge in [0, 0.05) is 23.9 Å². The van der Waals surface area contributed by atoms with Gasteiger partial charge in [0.1, 0.15) is 11.4 Å². The molecule has 168 valence electrons. The van der Waals surface area contributed by atoms with Crippen LogP contribution in [0.2, 0.25) is 0 Å². The number of likely N-dealkylation sites (N-methyl/N-ethyl adjacent to an activating group) is 1. The summed E-state index contributed by atoms with van der Waals surface area (Å²) in [7, 11) is 0. The van der Waals surface area contributed by atoms with Gasteiger partial charge in [-0.05, 0) is 43.3 Å². The highest BCUT2D eigenvalue weighted by atomic mass is 16.6. The van der Waals surface area contributed by atoms with Crippen LogP contribution in [0, 0.1) is 10.1 Å². The summed E-state index contributed by atoms with van der Waals surface area (Å²) in [4.78, 5) is 25.3. The molecular weight excluding hydrogens is 410 g/mol. The fourth-order valence-corrected chi connectivity index (χ4v) is 4.44. The molecule has 1 aromatic heterocycles. The van der Waals surface area contributed by atoms with Crippen LogP contribution in [0.25, 0.3) is 22.2 Å². The molecule has 32 heavy (non-hydrogen) atoms. The highest BCUT2D eigenvalue weighted by Gasteiger charge is 2.30. The number of nitro groups is 1. The third kappa shape index (κ3) is 3.58. The normalized spacial score (nSPS) is 13.1. The molecule has 9 heteroatoms. The van der Waals surface area contributed by atoms with Gasteiger partial charge in [0.2, 0.25) is 0 Å². The first-order chi connectivity index (χ1) is 15.4. The maximum absolute atomic E-state index is 11.7. The van der Waals surface area contributed by atoms with Crippen molar-refractivity contribution in [2.24, 2.45) is 0 Å². The average molecular weight is 438 g/mol. The molecule has 0 radical (unpaired) electrons. The van der Waals surface area contributed by atoms with Crippen molar-refractivity contribution in [3.8, 4) is 11.3 Å². The quantitative estimate of drug-likeness (QED) is 0.291. The van der Waals surface area contributed by atoms with Crippen LogP contribution < -0.4 is 5.32 Å². The zero-order chi connectivity index (χ0) is 23.0. The highest BCUT2D eigenvalue weighted by molar-refractivity contribution is 6.12. The summed E-state index contributed by atoms with van der Waals surface area (Å²) in [5.74, 6) is -1.49. The molecule has 0 aliphatic carbocycles. The Balaban J connectivity index is 1.89. The van der Waals surface area contributed by atoms with Crippen LogP contribution in [0.5, 0.6) is 0 Å². The minimum Gasteiger partial charge on any atom is -0.481 e. The Labute approximate surface area is 185 Å². The number of anilines is 2. The maximum Gasteiger partial charge on any atom is 0.310 e. The van der Waals surface area contributed by atoms with E-state index in [9.17, 15) is 20.0 Å². The van der Waals surface area contributed by atoms with E-state index in [1.54, 1.807) is 18.2 Å². The number of carbonyl (C=O) groups is 1. The number of carboxylic acids is 1. The largest absolute Gasteiger partial charge is 0.481 e. The second-order valence-corrected chi connectivity index (χ2v) is 7.94. The first kappa shape index (κ1) is 21.8. The number of hydrogen-bond donors (Lipinski definition) is 2. The molecule has 0 saturated carbocycles. The van der Waals surface area contributed by atoms with E-state index in [4.69, 9.17) is 5.10 Å². The summed E-state index contributed by atoms with van der Waals surface area (Å²) in [6, 6.07) is 8.67. The standard InChI is InChI=1S/C23H27N5O4/c1-4-15(23(29)30)14-7-8-17-16(13-14)21-20-18(9-10-19(28(31)32)22(20)24-17)27(25-21)12-11-26(5-2)6-3/h7-10,13,15,24H,4-6,11-12H2,1-3H3,(H,29,30). The van der Waals surface area contributed by atoms with Gasteiger partial charge in [0.15, 0.2) is 0 Å². The Kier molecular flexibility index (Phi) is 5.84. The van der Waals surface area contributed by atoms with E-state index >= 15 is 0 Å². The van der Waals surface area contributed by atoms with E-state index in [0.29, 0.717) is 41.0 Å². The summed E-state index contributed by atoms with van der Waals surface area (Å²) in [6.45, 7) is 9.39. The molecule has 2 heterocycles. The molecule has 1 aliphatic rings. The first-order valence-electron chi connectivity index (χ1n) is 10.9. The van der Waals surface area contributed by atoms with Gasteiger partial charge in [-0.15, -0.1) is 0 Å². The summed E-state index contributed by atoms with van der Waals surface area (Å²) in [6.07, 6.45) is 0.470. The number of carboxylic acid groups (broad SMARTS) is 1. The number of aromatic nitrogens is 2. The van der Waals surface area contributed by atoms with Gasteiger partial charge < -0.3 is 15.3 Å². The lowest BCUT2D eigenvalue weighted by atomic mass is 9.91. The number of benzene rings is 2. The number of hydrogen-bond acceptors (Lipinski definition) is 6. The van der Waals surface area contributed by atoms with Crippen LogP contribution in [0.15, 0.2) is 30.3 Å². The van der Waals surface area contributed by atoms with Crippen molar-refractivity contribution in [3.05, 3.63) is 46.0 Å². The van der Waals surface area contributed by atoms with E-state index in [1.165, 1.54) is 6.07 Å². The number of nitrogens with zero attached hydrogens (tertiary/aromatic N) is 4. The molecule has 0 saturated heterocycles. The Bertz CT molecular complexity index is 1200. The molecule has 2 aromatic carbocycles. The van der Waals surface area contributed by atoms with Gasteiger partial charge in [-0.2, -0.15) is 5.10 Å². The Morgan fingerprint density at radius 1 is 1.25 bits per heavy atom. The maximum atomic E-state index is 11.7. The Morgan fingerprint density at radius 3 is 2.62 bits per heavy atom. The third-order valence-electron chi connectivity index (χ3n) is 6.28. The van der Waals surface area contributed by atoms with Crippen molar-refractivity contribution < 1.29 is 14.8 Å². The van der Waals surface area contributed by atoms with Crippen LogP contribution in [0.3, 0.4) is 0 Å². The molecule has 1 atom stereocenters. The zero-order valence-electron chi connectivity index (χ0n) is 18.5. The number of nitrogens with one attached hydrogen (secondary N) is 1. The monoisotopic (exact) mass is 437 g/mol. The van der Waals surface area contributed by atoms with E-state index < -0.39 is 16.8 Å². The average Bonchev–Trinajstić information content (AvgIpc) is 3.15. The molecule has 9 nitrogen and oxygen atoms in total. The highest BCUT2D eigenvalue weighted by Crippen LogP contribution is 2.47. The topological polar surface area (TPSA) is 114 Å². The van der Waals surface area contributed by atoms with Crippen molar-refractivity contribution in [3.63, 3.8) is 0 Å². The lowest BCUT2D eigenvalue weighted by Crippen LogP contribution is -2.27. The van der Waals surface area contributed by atoms with Crippen LogP contribution in [-0.2, 0) is 11.3 Å². The molecule has 0 amide bonds. The Hall–Kier alpha value is -3.46. The molecule has 1 unspecified atom stereocenters. The van der Waals surface area contributed by atoms with Crippen LogP contribution in [0.4, 0.5) is 17.1 Å². The lowest BCUT2D eigenvalue weighted by Gasteiger charge is -2.20. The predicted molar refractivity (Wildman–Crippen MR) is 124 cm³/mol. The van der Waals surface area contributed by atoms with E-state index in [0.717, 1.165) is 30.7 Å². The van der Waals surface area contributed by atoms with E-state index in [-0.39, 0.29) is 5.69 Å². The van der Waals surface area contributed by atoms with Crippen molar-refractivity contribution >= 4 is 33.9 Å². The van der Waals surface area contributed by atoms with Crippen molar-refractivity contribution in [1.29, 1.82) is 0 Å². The van der Waals surface area contributed by atoms with Crippen molar-refractivity contribution in [1.82, 2.24) is 14.7 Å². The van der Waals surface area contributed by atoms with Crippen molar-refractivity contribution in [2.45, 2.75) is 39.7 Å². The second kappa shape index (κ2) is 8.58. The van der Waals surface area contributed by atoms with E-state index in [2.05, 4.69) is 24.1 Å². The fourth-order valence-electron chi connectivity index (χ4n) is 4.44. The number of rotatable bonds is 9.